The molecular weight excluding hydrogens is 580 g/mol. The summed E-state index contributed by atoms with van der Waals surface area (Å²) in [5.41, 5.74) is 10.3. The molecule has 2 aromatic carbocycles. The van der Waals surface area contributed by atoms with E-state index in [1.807, 2.05) is 0 Å². The van der Waals surface area contributed by atoms with Crippen molar-refractivity contribution in [2.24, 2.45) is 11.5 Å². The van der Waals surface area contributed by atoms with Crippen LogP contribution in [-0.4, -0.2) is 57.1 Å². The number of ether oxygens (including phenoxy) is 2. The Bertz CT molecular complexity index is 1230. The molecule has 0 unspecified atom stereocenters. The van der Waals surface area contributed by atoms with Crippen LogP contribution in [-0.2, 0) is 31.9 Å². The number of nitrogens with one attached hydrogen (secondary N) is 2. The third kappa shape index (κ3) is 14.6. The minimum Gasteiger partial charge on any atom is -0.444 e. The highest BCUT2D eigenvalue weighted by Gasteiger charge is 2.24. The summed E-state index contributed by atoms with van der Waals surface area (Å²) in [7, 11) is 0. The molecule has 240 valence electrons. The molecule has 16 heteroatoms. The predicted molar refractivity (Wildman–Crippen MR) is 158 cm³/mol. The molecule has 0 saturated carbocycles. The lowest BCUT2D eigenvalue weighted by atomic mass is 10.1. The van der Waals surface area contributed by atoms with Gasteiger partial charge in [-0.2, -0.15) is 0 Å². The number of nitrogens with two attached hydrogens (primary N) is 2. The van der Waals surface area contributed by atoms with E-state index in [1.165, 1.54) is 48.5 Å². The average molecular weight is 619 g/mol. The summed E-state index contributed by atoms with van der Waals surface area (Å²) in [6.45, 7) is 10.2. The first-order valence-corrected chi connectivity index (χ1v) is 13.2. The zero-order valence-corrected chi connectivity index (χ0v) is 25.3. The largest absolute Gasteiger partial charge is 0.444 e. The molecule has 2 aromatic rings. The quantitative estimate of drug-likeness (QED) is 0.224. The average Bonchev–Trinajstić information content (AvgIpc) is 2.86. The van der Waals surface area contributed by atoms with Crippen LogP contribution in [0.3, 0.4) is 0 Å². The number of alkyl carbamates (subject to hydrolysis) is 2. The fourth-order valence-electron chi connectivity index (χ4n) is 3.32. The molecule has 0 spiro atoms. The van der Waals surface area contributed by atoms with E-state index in [9.17, 15) is 39.4 Å². The number of nitro benzene ring substituents is 2. The molecule has 0 aliphatic heterocycles. The second kappa shape index (κ2) is 15.8. The Morgan fingerprint density at radius 1 is 0.659 bits per heavy atom. The summed E-state index contributed by atoms with van der Waals surface area (Å²) in [4.78, 5) is 66.3. The molecule has 44 heavy (non-hydrogen) atoms. The normalized spacial score (nSPS) is 12.3. The summed E-state index contributed by atoms with van der Waals surface area (Å²) < 4.78 is 10.1. The van der Waals surface area contributed by atoms with Gasteiger partial charge in [-0.3, -0.25) is 29.8 Å². The molecule has 0 fully saturated rings. The van der Waals surface area contributed by atoms with Crippen molar-refractivity contribution in [3.8, 4) is 0 Å². The minimum atomic E-state index is -0.962. The number of nitro groups is 2. The van der Waals surface area contributed by atoms with Gasteiger partial charge in [0.2, 0.25) is 11.8 Å². The summed E-state index contributed by atoms with van der Waals surface area (Å²) in [6.07, 6.45) is -1.27. The highest BCUT2D eigenvalue weighted by Crippen LogP contribution is 2.15. The maximum absolute atomic E-state index is 11.7. The van der Waals surface area contributed by atoms with Crippen LogP contribution in [0, 0.1) is 20.2 Å². The number of carbonyl (C=O) groups is 4. The number of nitrogens with zero attached hydrogens (tertiary/aromatic N) is 2. The number of hydrogen-bond acceptors (Lipinski definition) is 10. The van der Waals surface area contributed by atoms with Gasteiger partial charge in [0.05, 0.1) is 9.85 Å². The third-order valence-electron chi connectivity index (χ3n) is 5.24. The molecule has 0 aliphatic rings. The van der Waals surface area contributed by atoms with Crippen LogP contribution < -0.4 is 22.1 Å². The maximum atomic E-state index is 11.7. The smallest absolute Gasteiger partial charge is 0.408 e. The van der Waals surface area contributed by atoms with E-state index >= 15 is 0 Å². The van der Waals surface area contributed by atoms with Crippen molar-refractivity contribution in [2.45, 2.75) is 77.7 Å². The van der Waals surface area contributed by atoms with Crippen molar-refractivity contribution in [2.75, 3.05) is 0 Å². The minimum absolute atomic E-state index is 0.0560. The summed E-state index contributed by atoms with van der Waals surface area (Å²) in [5, 5.41) is 25.9. The van der Waals surface area contributed by atoms with Crippen molar-refractivity contribution in [3.63, 3.8) is 0 Å². The molecule has 2 atom stereocenters. The first-order chi connectivity index (χ1) is 20.2. The van der Waals surface area contributed by atoms with Gasteiger partial charge in [0.1, 0.15) is 23.3 Å². The Labute approximate surface area is 253 Å². The van der Waals surface area contributed by atoms with Crippen LogP contribution in [0.1, 0.15) is 52.7 Å². The van der Waals surface area contributed by atoms with E-state index in [-0.39, 0.29) is 24.2 Å². The molecular formula is C28H38N6O10. The summed E-state index contributed by atoms with van der Waals surface area (Å²) >= 11 is 0. The Kier molecular flexibility index (Phi) is 13.2. The lowest BCUT2D eigenvalue weighted by Gasteiger charge is -2.22. The van der Waals surface area contributed by atoms with E-state index in [2.05, 4.69) is 10.6 Å². The lowest BCUT2D eigenvalue weighted by molar-refractivity contribution is -0.385. The van der Waals surface area contributed by atoms with Crippen LogP contribution >= 0.6 is 0 Å². The molecule has 0 heterocycles. The lowest BCUT2D eigenvalue weighted by Crippen LogP contribution is -2.47. The van der Waals surface area contributed by atoms with Gasteiger partial charge >= 0.3 is 12.2 Å². The van der Waals surface area contributed by atoms with Crippen molar-refractivity contribution >= 4 is 35.4 Å². The number of primary amides is 2. The molecule has 0 aromatic heterocycles. The van der Waals surface area contributed by atoms with Gasteiger partial charge in [-0.05, 0) is 52.7 Å². The first-order valence-electron chi connectivity index (χ1n) is 13.2. The molecule has 4 amide bonds. The molecule has 0 aliphatic carbocycles. The number of non-ortho nitro benzene ring substituents is 2. The van der Waals surface area contributed by atoms with Gasteiger partial charge < -0.3 is 31.6 Å². The Morgan fingerprint density at radius 3 is 1.14 bits per heavy atom. The van der Waals surface area contributed by atoms with Gasteiger partial charge in [0, 0.05) is 37.1 Å². The Morgan fingerprint density at radius 2 is 0.932 bits per heavy atom. The Hall–Kier alpha value is -5.28. The van der Waals surface area contributed by atoms with Crippen LogP contribution in [0.25, 0.3) is 0 Å². The van der Waals surface area contributed by atoms with Crippen molar-refractivity contribution in [3.05, 3.63) is 79.9 Å². The number of amides is 4. The fraction of sp³-hybridized carbons (Fsp3) is 0.429. The fourth-order valence-corrected chi connectivity index (χ4v) is 3.32. The van der Waals surface area contributed by atoms with E-state index in [1.54, 1.807) is 41.5 Å². The standard InChI is InChI=1S/2C14H19N3O5/c2*1-14(2,3)22-13(19)16-11(12(15)18)8-9-4-6-10(7-5-9)17(20)21/h2*4-7,11H,8H2,1-3H3,(H2,15,18)(H,16,19)/t2*11-/m00/s1. The number of benzene rings is 2. The molecule has 0 bridgehead atoms. The predicted octanol–water partition coefficient (Wildman–Crippen LogP) is 3.03. The van der Waals surface area contributed by atoms with Crippen molar-refractivity contribution < 1.29 is 38.5 Å². The van der Waals surface area contributed by atoms with Gasteiger partial charge in [-0.15, -0.1) is 0 Å². The van der Waals surface area contributed by atoms with E-state index < -0.39 is 57.1 Å². The van der Waals surface area contributed by atoms with Crippen LogP contribution in [0.2, 0.25) is 0 Å². The van der Waals surface area contributed by atoms with Gasteiger partial charge in [-0.25, -0.2) is 9.59 Å². The summed E-state index contributed by atoms with van der Waals surface area (Å²) in [5.74, 6) is -1.44. The topological polar surface area (TPSA) is 249 Å². The second-order valence-electron chi connectivity index (χ2n) is 11.5. The van der Waals surface area contributed by atoms with E-state index in [0.717, 1.165) is 0 Å². The van der Waals surface area contributed by atoms with Gasteiger partial charge in [0.15, 0.2) is 0 Å². The molecule has 6 N–H and O–H groups in total. The molecule has 16 nitrogen and oxygen atoms in total. The SMILES string of the molecule is CC(C)(C)OC(=O)N[C@@H](Cc1ccc([N+](=O)[O-])cc1)C(N)=O.CC(C)(C)OC(=O)N[C@@H](Cc1ccc([N+](=O)[O-])cc1)C(N)=O. The van der Waals surface area contributed by atoms with Crippen LogP contribution in [0.15, 0.2) is 48.5 Å². The van der Waals surface area contributed by atoms with E-state index in [4.69, 9.17) is 20.9 Å². The highest BCUT2D eigenvalue weighted by molar-refractivity contribution is 5.85. The van der Waals surface area contributed by atoms with Crippen LogP contribution in [0.4, 0.5) is 21.0 Å². The number of hydrogen-bond donors (Lipinski definition) is 4. The van der Waals surface area contributed by atoms with Crippen LogP contribution in [0.5, 0.6) is 0 Å². The third-order valence-corrected chi connectivity index (χ3v) is 5.24. The van der Waals surface area contributed by atoms with Crippen molar-refractivity contribution in [1.82, 2.24) is 10.6 Å². The Balaban J connectivity index is 0.000000440. The van der Waals surface area contributed by atoms with Gasteiger partial charge in [-0.1, -0.05) is 24.3 Å². The molecule has 0 saturated heterocycles. The second-order valence-corrected chi connectivity index (χ2v) is 11.5. The number of carbonyl (C=O) groups excluding carboxylic acids is 4. The number of rotatable bonds is 10. The first kappa shape index (κ1) is 36.7. The van der Waals surface area contributed by atoms with Crippen molar-refractivity contribution in [1.29, 1.82) is 0 Å². The van der Waals surface area contributed by atoms with Gasteiger partial charge in [0.25, 0.3) is 11.4 Å². The zero-order valence-electron chi connectivity index (χ0n) is 25.3. The maximum Gasteiger partial charge on any atom is 0.408 e. The summed E-state index contributed by atoms with van der Waals surface area (Å²) in [6, 6.07) is 9.38. The highest BCUT2D eigenvalue weighted by atomic mass is 16.6. The van der Waals surface area contributed by atoms with E-state index in [0.29, 0.717) is 11.1 Å². The molecule has 0 radical (unpaired) electrons. The zero-order chi connectivity index (χ0) is 33.8. The monoisotopic (exact) mass is 618 g/mol. The molecule has 2 rings (SSSR count).